The summed E-state index contributed by atoms with van der Waals surface area (Å²) in [4.78, 5) is 2.37. The van der Waals surface area contributed by atoms with Gasteiger partial charge in [0.2, 0.25) is 0 Å². The summed E-state index contributed by atoms with van der Waals surface area (Å²) in [5.41, 5.74) is 17.0. The van der Waals surface area contributed by atoms with Crippen LogP contribution in [0, 0.1) is 0 Å². The molecule has 8 rings (SSSR count). The van der Waals surface area contributed by atoms with Gasteiger partial charge in [0, 0.05) is 27.9 Å². The number of fused-ring (bicyclic) bond motifs is 6. The molecule has 1 heteroatoms. The van der Waals surface area contributed by atoms with E-state index in [2.05, 4.69) is 172 Å². The molecule has 2 aliphatic carbocycles. The van der Waals surface area contributed by atoms with E-state index in [1.165, 1.54) is 61.3 Å². The Hall–Kier alpha value is -4.88. The predicted molar refractivity (Wildman–Crippen MR) is 182 cm³/mol. The topological polar surface area (TPSA) is 3.24 Å². The van der Waals surface area contributed by atoms with E-state index in [-0.39, 0.29) is 10.8 Å². The monoisotopic (exact) mass is 553 g/mol. The number of para-hydroxylation sites is 2. The number of rotatable bonds is 4. The summed E-state index contributed by atoms with van der Waals surface area (Å²) in [6, 6.07) is 51.1. The molecule has 0 atom stereocenters. The van der Waals surface area contributed by atoms with Gasteiger partial charge < -0.3 is 4.90 Å². The Balaban J connectivity index is 1.41. The quantitative estimate of drug-likeness (QED) is 0.210. The lowest BCUT2D eigenvalue weighted by Crippen LogP contribution is -2.19. The van der Waals surface area contributed by atoms with Gasteiger partial charge in [-0.25, -0.2) is 0 Å². The molecule has 0 fully saturated rings. The van der Waals surface area contributed by atoms with E-state index in [1.807, 2.05) is 0 Å². The zero-order valence-corrected chi connectivity index (χ0v) is 25.2. The van der Waals surface area contributed by atoms with Crippen molar-refractivity contribution >= 4 is 17.1 Å². The number of benzene rings is 6. The Morgan fingerprint density at radius 2 is 0.860 bits per heavy atom. The van der Waals surface area contributed by atoms with Crippen LogP contribution in [0.3, 0.4) is 0 Å². The van der Waals surface area contributed by atoms with Gasteiger partial charge in [-0.15, -0.1) is 0 Å². The molecule has 0 aromatic heterocycles. The van der Waals surface area contributed by atoms with Crippen LogP contribution >= 0.6 is 0 Å². The van der Waals surface area contributed by atoms with Gasteiger partial charge in [-0.2, -0.15) is 0 Å². The minimum absolute atomic E-state index is 0.0715. The van der Waals surface area contributed by atoms with Crippen LogP contribution in [0.2, 0.25) is 0 Å². The van der Waals surface area contributed by atoms with E-state index in [9.17, 15) is 0 Å². The van der Waals surface area contributed by atoms with Gasteiger partial charge in [0.25, 0.3) is 0 Å². The summed E-state index contributed by atoms with van der Waals surface area (Å²) in [6.07, 6.45) is 0. The number of nitrogens with zero attached hydrogens (tertiary/aromatic N) is 1. The van der Waals surface area contributed by atoms with Crippen LogP contribution in [0.4, 0.5) is 17.1 Å². The van der Waals surface area contributed by atoms with Gasteiger partial charge in [-0.1, -0.05) is 131 Å². The highest BCUT2D eigenvalue weighted by Gasteiger charge is 2.44. The molecule has 2 aliphatic rings. The van der Waals surface area contributed by atoms with E-state index >= 15 is 0 Å². The molecular formula is C42H35N. The molecule has 0 unspecified atom stereocenters. The van der Waals surface area contributed by atoms with E-state index in [0.29, 0.717) is 0 Å². The van der Waals surface area contributed by atoms with Crippen LogP contribution < -0.4 is 4.90 Å². The second-order valence-electron chi connectivity index (χ2n) is 13.0. The van der Waals surface area contributed by atoms with Crippen LogP contribution in [-0.2, 0) is 10.8 Å². The molecular weight excluding hydrogens is 518 g/mol. The minimum Gasteiger partial charge on any atom is -0.310 e. The van der Waals surface area contributed by atoms with E-state index < -0.39 is 0 Å². The van der Waals surface area contributed by atoms with Crippen molar-refractivity contribution in [3.63, 3.8) is 0 Å². The van der Waals surface area contributed by atoms with E-state index in [1.54, 1.807) is 0 Å². The number of anilines is 3. The summed E-state index contributed by atoms with van der Waals surface area (Å²) < 4.78 is 0. The van der Waals surface area contributed by atoms with Crippen molar-refractivity contribution in [1.29, 1.82) is 0 Å². The van der Waals surface area contributed by atoms with Crippen molar-refractivity contribution in [2.75, 3.05) is 4.90 Å². The highest BCUT2D eigenvalue weighted by atomic mass is 15.1. The van der Waals surface area contributed by atoms with Gasteiger partial charge in [0.05, 0.1) is 0 Å². The number of hydrogen-bond acceptors (Lipinski definition) is 1. The molecule has 0 heterocycles. The first-order valence-corrected chi connectivity index (χ1v) is 15.3. The lowest BCUT2D eigenvalue weighted by molar-refractivity contribution is 0.639. The van der Waals surface area contributed by atoms with Crippen molar-refractivity contribution in [3.05, 3.63) is 162 Å². The molecule has 0 N–H and O–H groups in total. The molecule has 0 amide bonds. The lowest BCUT2D eigenvalue weighted by Gasteiger charge is -2.28. The average molecular weight is 554 g/mol. The Morgan fingerprint density at radius 3 is 1.47 bits per heavy atom. The van der Waals surface area contributed by atoms with Crippen LogP contribution in [-0.4, -0.2) is 0 Å². The van der Waals surface area contributed by atoms with E-state index in [0.717, 1.165) is 11.4 Å². The molecule has 0 aliphatic heterocycles. The van der Waals surface area contributed by atoms with Crippen molar-refractivity contribution in [2.45, 2.75) is 38.5 Å². The van der Waals surface area contributed by atoms with Crippen molar-refractivity contribution < 1.29 is 0 Å². The van der Waals surface area contributed by atoms with Crippen LogP contribution in [0.25, 0.3) is 33.4 Å². The maximum Gasteiger partial charge on any atom is 0.0465 e. The maximum absolute atomic E-state index is 2.54. The molecule has 0 saturated heterocycles. The minimum atomic E-state index is -0.164. The lowest BCUT2D eigenvalue weighted by atomic mass is 9.76. The Labute approximate surface area is 255 Å². The molecule has 1 nitrogen and oxygen atoms in total. The second-order valence-corrected chi connectivity index (χ2v) is 13.0. The molecule has 0 spiro atoms. The maximum atomic E-state index is 2.54. The fourth-order valence-electron chi connectivity index (χ4n) is 7.67. The van der Waals surface area contributed by atoms with Gasteiger partial charge in [0.1, 0.15) is 0 Å². The van der Waals surface area contributed by atoms with Crippen LogP contribution in [0.1, 0.15) is 49.9 Å². The fraction of sp³-hybridized carbons (Fsp3) is 0.143. The molecule has 6 aromatic rings. The summed E-state index contributed by atoms with van der Waals surface area (Å²) in [5, 5.41) is 0. The Morgan fingerprint density at radius 1 is 0.372 bits per heavy atom. The predicted octanol–water partition coefficient (Wildman–Crippen LogP) is 11.4. The first-order valence-electron chi connectivity index (χ1n) is 15.3. The molecule has 0 saturated carbocycles. The molecule has 0 radical (unpaired) electrons. The zero-order valence-electron chi connectivity index (χ0n) is 25.2. The first-order chi connectivity index (χ1) is 20.9. The third kappa shape index (κ3) is 3.71. The van der Waals surface area contributed by atoms with Gasteiger partial charge in [0.15, 0.2) is 0 Å². The van der Waals surface area contributed by atoms with Gasteiger partial charge in [-0.3, -0.25) is 0 Å². The largest absolute Gasteiger partial charge is 0.310 e. The SMILES string of the molecule is CC1(C)c2ccccc2-c2c1cc1c(c2-c2ccccc2)-c2ccc(N(c3ccccc3)c3ccccc3)cc2C1(C)C. The molecule has 208 valence electrons. The smallest absolute Gasteiger partial charge is 0.0465 e. The highest BCUT2D eigenvalue weighted by Crippen LogP contribution is 2.61. The van der Waals surface area contributed by atoms with Gasteiger partial charge >= 0.3 is 0 Å². The van der Waals surface area contributed by atoms with Crippen molar-refractivity contribution in [1.82, 2.24) is 0 Å². The Bertz CT molecular complexity index is 1960. The van der Waals surface area contributed by atoms with Crippen molar-refractivity contribution in [3.8, 4) is 33.4 Å². The normalized spacial score (nSPS) is 14.9. The summed E-state index contributed by atoms with van der Waals surface area (Å²) >= 11 is 0. The third-order valence-corrected chi connectivity index (χ3v) is 9.84. The summed E-state index contributed by atoms with van der Waals surface area (Å²) in [6.45, 7) is 9.60. The van der Waals surface area contributed by atoms with E-state index in [4.69, 9.17) is 0 Å². The van der Waals surface area contributed by atoms with Crippen molar-refractivity contribution in [2.24, 2.45) is 0 Å². The van der Waals surface area contributed by atoms with Gasteiger partial charge in [-0.05, 0) is 92.0 Å². The number of hydrogen-bond donors (Lipinski definition) is 0. The van der Waals surface area contributed by atoms with Crippen LogP contribution in [0.5, 0.6) is 0 Å². The molecule has 43 heavy (non-hydrogen) atoms. The zero-order chi connectivity index (χ0) is 29.3. The highest BCUT2D eigenvalue weighted by molar-refractivity contribution is 6.04. The Kier molecular flexibility index (Phi) is 5.59. The standard InChI is InChI=1S/C42H35N/c1-41(2)34-23-15-14-22-32(34)39-36(41)27-37-40(38(39)28-16-8-5-9-17-28)33-25-24-31(26-35(33)42(37,3)4)43(29-18-10-6-11-19-29)30-20-12-7-13-21-30/h5-27H,1-4H3. The average Bonchev–Trinajstić information content (AvgIpc) is 3.41. The molecule has 6 aromatic carbocycles. The summed E-state index contributed by atoms with van der Waals surface area (Å²) in [7, 11) is 0. The summed E-state index contributed by atoms with van der Waals surface area (Å²) in [5.74, 6) is 0. The first kappa shape index (κ1) is 25.8. The molecule has 0 bridgehead atoms. The van der Waals surface area contributed by atoms with Crippen LogP contribution in [0.15, 0.2) is 140 Å². The second kappa shape index (κ2) is 9.31. The fourth-order valence-corrected chi connectivity index (χ4v) is 7.67. The third-order valence-electron chi connectivity index (χ3n) is 9.84.